The number of hydrogen-bond donors (Lipinski definition) is 1. The maximum atomic E-state index is 13.5. The van der Waals surface area contributed by atoms with Crippen molar-refractivity contribution in [1.82, 2.24) is 5.32 Å². The van der Waals surface area contributed by atoms with Gasteiger partial charge in [-0.05, 0) is 55.8 Å². The van der Waals surface area contributed by atoms with Gasteiger partial charge in [0.2, 0.25) is 0 Å². The molecule has 0 aliphatic rings. The first-order valence-corrected chi connectivity index (χ1v) is 7.71. The van der Waals surface area contributed by atoms with Crippen LogP contribution in [0.25, 0.3) is 0 Å². The zero-order valence-electron chi connectivity index (χ0n) is 12.1. The Morgan fingerprint density at radius 2 is 1.90 bits per heavy atom. The van der Waals surface area contributed by atoms with Gasteiger partial charge in [0.1, 0.15) is 5.82 Å². The predicted octanol–water partition coefficient (Wildman–Crippen LogP) is 4.50. The predicted molar refractivity (Wildman–Crippen MR) is 84.8 cm³/mol. The van der Waals surface area contributed by atoms with Crippen LogP contribution in [0.3, 0.4) is 0 Å². The molecule has 20 heavy (non-hydrogen) atoms. The zero-order chi connectivity index (χ0) is 14.5. The SMILES string of the molecule is CNC(CSc1ccccc1C)c1cc(C)cc(F)c1. The second-order valence-corrected chi connectivity index (χ2v) is 6.04. The quantitative estimate of drug-likeness (QED) is 0.814. The standard InChI is InChI=1S/C17H20FNS/c1-12-8-14(10-15(18)9-12)16(19-3)11-20-17-7-5-4-6-13(17)2/h4-10,16,19H,11H2,1-3H3. The van der Waals surface area contributed by atoms with Crippen LogP contribution >= 0.6 is 11.8 Å². The minimum atomic E-state index is -0.166. The third-order valence-corrected chi connectivity index (χ3v) is 4.58. The summed E-state index contributed by atoms with van der Waals surface area (Å²) in [6, 6.07) is 13.7. The van der Waals surface area contributed by atoms with E-state index in [0.717, 1.165) is 16.9 Å². The van der Waals surface area contributed by atoms with E-state index in [2.05, 4.69) is 30.4 Å². The van der Waals surface area contributed by atoms with Gasteiger partial charge in [0.25, 0.3) is 0 Å². The molecule has 1 unspecified atom stereocenters. The van der Waals surface area contributed by atoms with Crippen LogP contribution < -0.4 is 5.32 Å². The fourth-order valence-electron chi connectivity index (χ4n) is 2.20. The van der Waals surface area contributed by atoms with Gasteiger partial charge in [0.05, 0.1) is 0 Å². The molecule has 0 spiro atoms. The molecule has 0 heterocycles. The van der Waals surface area contributed by atoms with E-state index in [9.17, 15) is 4.39 Å². The summed E-state index contributed by atoms with van der Waals surface area (Å²) >= 11 is 1.80. The molecule has 0 saturated carbocycles. The monoisotopic (exact) mass is 289 g/mol. The van der Waals surface area contributed by atoms with Gasteiger partial charge >= 0.3 is 0 Å². The summed E-state index contributed by atoms with van der Waals surface area (Å²) in [5.74, 6) is 0.714. The second kappa shape index (κ2) is 6.91. The third-order valence-electron chi connectivity index (χ3n) is 3.31. The molecule has 0 aromatic heterocycles. The molecule has 0 aliphatic carbocycles. The molecule has 0 aliphatic heterocycles. The van der Waals surface area contributed by atoms with Gasteiger partial charge in [0, 0.05) is 16.7 Å². The van der Waals surface area contributed by atoms with Crippen molar-refractivity contribution in [2.24, 2.45) is 0 Å². The van der Waals surface area contributed by atoms with Crippen molar-refractivity contribution in [1.29, 1.82) is 0 Å². The maximum Gasteiger partial charge on any atom is 0.123 e. The molecule has 2 aromatic rings. The molecule has 0 fully saturated rings. The van der Waals surface area contributed by atoms with Gasteiger partial charge in [0.15, 0.2) is 0 Å². The summed E-state index contributed by atoms with van der Waals surface area (Å²) in [7, 11) is 1.92. The van der Waals surface area contributed by atoms with Crippen LogP contribution in [0.4, 0.5) is 4.39 Å². The summed E-state index contributed by atoms with van der Waals surface area (Å²) in [5, 5.41) is 3.27. The van der Waals surface area contributed by atoms with Gasteiger partial charge in [-0.2, -0.15) is 0 Å². The van der Waals surface area contributed by atoms with Crippen molar-refractivity contribution in [3.8, 4) is 0 Å². The summed E-state index contributed by atoms with van der Waals surface area (Å²) in [6.45, 7) is 4.04. The highest BCUT2D eigenvalue weighted by molar-refractivity contribution is 7.99. The van der Waals surface area contributed by atoms with Crippen molar-refractivity contribution in [2.45, 2.75) is 24.8 Å². The average molecular weight is 289 g/mol. The Morgan fingerprint density at radius 1 is 1.15 bits per heavy atom. The van der Waals surface area contributed by atoms with Crippen molar-refractivity contribution in [3.63, 3.8) is 0 Å². The molecule has 1 atom stereocenters. The fraction of sp³-hybridized carbons (Fsp3) is 0.294. The first kappa shape index (κ1) is 15.1. The summed E-state index contributed by atoms with van der Waals surface area (Å²) in [5.41, 5.74) is 3.25. The lowest BCUT2D eigenvalue weighted by Crippen LogP contribution is -2.19. The molecule has 0 amide bonds. The lowest BCUT2D eigenvalue weighted by atomic mass is 10.1. The minimum Gasteiger partial charge on any atom is -0.312 e. The van der Waals surface area contributed by atoms with Crippen LogP contribution in [0.15, 0.2) is 47.4 Å². The van der Waals surface area contributed by atoms with Crippen molar-refractivity contribution >= 4 is 11.8 Å². The Labute approximate surface area is 124 Å². The van der Waals surface area contributed by atoms with Crippen molar-refractivity contribution in [3.05, 3.63) is 65.0 Å². The van der Waals surface area contributed by atoms with Crippen LogP contribution in [0.2, 0.25) is 0 Å². The molecular formula is C17H20FNS. The Hall–Kier alpha value is -1.32. The van der Waals surface area contributed by atoms with E-state index in [1.165, 1.54) is 10.5 Å². The topological polar surface area (TPSA) is 12.0 Å². The first-order chi connectivity index (χ1) is 9.60. The lowest BCUT2D eigenvalue weighted by molar-refractivity contribution is 0.609. The smallest absolute Gasteiger partial charge is 0.123 e. The highest BCUT2D eigenvalue weighted by Crippen LogP contribution is 2.27. The minimum absolute atomic E-state index is 0.147. The van der Waals surface area contributed by atoms with Gasteiger partial charge < -0.3 is 5.32 Å². The van der Waals surface area contributed by atoms with Gasteiger partial charge in [-0.25, -0.2) is 4.39 Å². The fourth-order valence-corrected chi connectivity index (χ4v) is 3.38. The van der Waals surface area contributed by atoms with E-state index in [-0.39, 0.29) is 11.9 Å². The number of nitrogens with one attached hydrogen (secondary N) is 1. The second-order valence-electron chi connectivity index (χ2n) is 4.98. The number of aryl methyl sites for hydroxylation is 2. The maximum absolute atomic E-state index is 13.5. The molecule has 0 bridgehead atoms. The number of halogens is 1. The number of benzene rings is 2. The van der Waals surface area contributed by atoms with E-state index in [1.54, 1.807) is 23.9 Å². The molecule has 2 rings (SSSR count). The molecule has 2 aromatic carbocycles. The number of thioether (sulfide) groups is 1. The Kier molecular flexibility index (Phi) is 5.21. The van der Waals surface area contributed by atoms with Crippen molar-refractivity contribution < 1.29 is 4.39 Å². The highest BCUT2D eigenvalue weighted by Gasteiger charge is 2.12. The molecule has 106 valence electrons. The third kappa shape index (κ3) is 3.84. The average Bonchev–Trinajstić information content (AvgIpc) is 2.40. The Balaban J connectivity index is 2.11. The van der Waals surface area contributed by atoms with E-state index >= 15 is 0 Å². The van der Waals surface area contributed by atoms with Gasteiger partial charge in [-0.3, -0.25) is 0 Å². The van der Waals surface area contributed by atoms with E-state index in [4.69, 9.17) is 0 Å². The largest absolute Gasteiger partial charge is 0.312 e. The van der Waals surface area contributed by atoms with E-state index in [0.29, 0.717) is 0 Å². The molecule has 1 nitrogen and oxygen atoms in total. The van der Waals surface area contributed by atoms with Crippen LogP contribution in [-0.4, -0.2) is 12.8 Å². The highest BCUT2D eigenvalue weighted by atomic mass is 32.2. The molecule has 3 heteroatoms. The first-order valence-electron chi connectivity index (χ1n) is 6.73. The molecule has 1 N–H and O–H groups in total. The molecular weight excluding hydrogens is 269 g/mol. The Morgan fingerprint density at radius 3 is 2.55 bits per heavy atom. The number of rotatable bonds is 5. The Bertz CT molecular complexity index is 563. The number of hydrogen-bond acceptors (Lipinski definition) is 2. The lowest BCUT2D eigenvalue weighted by Gasteiger charge is -2.17. The van der Waals surface area contributed by atoms with Crippen LogP contribution in [0.5, 0.6) is 0 Å². The van der Waals surface area contributed by atoms with E-state index < -0.39 is 0 Å². The normalized spacial score (nSPS) is 12.4. The van der Waals surface area contributed by atoms with Gasteiger partial charge in [-0.1, -0.05) is 24.3 Å². The summed E-state index contributed by atoms with van der Waals surface area (Å²) in [4.78, 5) is 1.28. The van der Waals surface area contributed by atoms with Crippen LogP contribution in [0, 0.1) is 19.7 Å². The molecule has 0 radical (unpaired) electrons. The van der Waals surface area contributed by atoms with E-state index in [1.807, 2.05) is 26.1 Å². The summed E-state index contributed by atoms with van der Waals surface area (Å²) < 4.78 is 13.5. The van der Waals surface area contributed by atoms with Crippen molar-refractivity contribution in [2.75, 3.05) is 12.8 Å². The zero-order valence-corrected chi connectivity index (χ0v) is 12.9. The van der Waals surface area contributed by atoms with Crippen LogP contribution in [-0.2, 0) is 0 Å². The van der Waals surface area contributed by atoms with Crippen LogP contribution in [0.1, 0.15) is 22.7 Å². The van der Waals surface area contributed by atoms with Gasteiger partial charge in [-0.15, -0.1) is 11.8 Å². The summed E-state index contributed by atoms with van der Waals surface area (Å²) in [6.07, 6.45) is 0. The molecule has 0 saturated heterocycles.